The molecule has 3 aromatic rings. The number of phenols is 2. The van der Waals surface area contributed by atoms with Gasteiger partial charge in [0.1, 0.15) is 0 Å². The fourth-order valence-electron chi connectivity index (χ4n) is 5.67. The third kappa shape index (κ3) is 5.15. The van der Waals surface area contributed by atoms with Gasteiger partial charge in [-0.3, -0.25) is 0 Å². The predicted octanol–water partition coefficient (Wildman–Crippen LogP) is 4.54. The number of hydrogen-bond acceptors (Lipinski definition) is 4. The van der Waals surface area contributed by atoms with Gasteiger partial charge in [0.15, 0.2) is 11.5 Å². The van der Waals surface area contributed by atoms with Crippen LogP contribution in [0.15, 0.2) is 78.9 Å². The lowest BCUT2D eigenvalue weighted by Gasteiger charge is -2.36. The highest BCUT2D eigenvalue weighted by molar-refractivity contribution is 7.73. The lowest BCUT2D eigenvalue weighted by atomic mass is 9.95. The van der Waals surface area contributed by atoms with E-state index in [1.807, 2.05) is 6.07 Å². The Morgan fingerprint density at radius 2 is 1.56 bits per heavy atom. The van der Waals surface area contributed by atoms with Crippen LogP contribution < -0.4 is 15.9 Å². The second-order valence-corrected chi connectivity index (χ2v) is 12.0. The third-order valence-corrected chi connectivity index (χ3v) is 10.5. The van der Waals surface area contributed by atoms with Crippen LogP contribution in [0.5, 0.6) is 11.5 Å². The zero-order valence-corrected chi connectivity index (χ0v) is 20.6. The second-order valence-electron chi connectivity index (χ2n) is 9.62. The zero-order chi connectivity index (χ0) is 23.5. The zero-order valence-electron chi connectivity index (χ0n) is 19.7. The van der Waals surface area contributed by atoms with Crippen LogP contribution in [0.4, 0.5) is 0 Å². The molecule has 3 N–H and O–H groups in total. The summed E-state index contributed by atoms with van der Waals surface area (Å²) >= 11 is 0. The predicted molar refractivity (Wildman–Crippen MR) is 140 cm³/mol. The van der Waals surface area contributed by atoms with Gasteiger partial charge in [0.25, 0.3) is 0 Å². The molecular weight excluding hydrogens is 441 g/mol. The van der Waals surface area contributed by atoms with Gasteiger partial charge < -0.3 is 20.3 Å². The van der Waals surface area contributed by atoms with Gasteiger partial charge in [0.05, 0.1) is 12.7 Å². The van der Waals surface area contributed by atoms with Crippen molar-refractivity contribution in [2.24, 2.45) is 11.8 Å². The van der Waals surface area contributed by atoms with Gasteiger partial charge in [-0.25, -0.2) is 0 Å². The van der Waals surface area contributed by atoms with Crippen molar-refractivity contribution in [2.75, 3.05) is 13.2 Å². The van der Waals surface area contributed by atoms with Gasteiger partial charge in [-0.15, -0.1) is 0 Å². The first kappa shape index (κ1) is 23.4. The highest BCUT2D eigenvalue weighted by Crippen LogP contribution is 2.56. The highest BCUT2D eigenvalue weighted by atomic mass is 31.1. The molecule has 178 valence electrons. The number of rotatable bonds is 9. The summed E-state index contributed by atoms with van der Waals surface area (Å²) in [6.07, 6.45) is 3.69. The summed E-state index contributed by atoms with van der Waals surface area (Å²) in [5.41, 5.74) is 1.60. The van der Waals surface area contributed by atoms with E-state index in [2.05, 4.69) is 72.9 Å². The fourth-order valence-corrected chi connectivity index (χ4v) is 9.16. The number of benzene rings is 3. The van der Waals surface area contributed by atoms with Crippen LogP contribution in [0.1, 0.15) is 25.3 Å². The normalized spacial score (nSPS) is 24.9. The number of nitrogens with one attached hydrogen (secondary N) is 1. The lowest BCUT2D eigenvalue weighted by Crippen LogP contribution is -2.42. The van der Waals surface area contributed by atoms with Crippen LogP contribution in [-0.4, -0.2) is 41.2 Å². The van der Waals surface area contributed by atoms with Gasteiger partial charge in [0.2, 0.25) is 0 Å². The van der Waals surface area contributed by atoms with Crippen molar-refractivity contribution < 1.29 is 14.9 Å². The molecule has 3 unspecified atom stereocenters. The maximum Gasteiger partial charge on any atom is 0.157 e. The summed E-state index contributed by atoms with van der Waals surface area (Å²) in [6, 6.07) is 27.7. The maximum atomic E-state index is 9.80. The molecule has 5 rings (SSSR count). The second kappa shape index (κ2) is 10.5. The minimum absolute atomic E-state index is 0.0509. The minimum Gasteiger partial charge on any atom is -0.504 e. The van der Waals surface area contributed by atoms with Crippen molar-refractivity contribution in [3.05, 3.63) is 84.4 Å². The first-order valence-corrected chi connectivity index (χ1v) is 13.8. The van der Waals surface area contributed by atoms with E-state index in [-0.39, 0.29) is 11.5 Å². The van der Waals surface area contributed by atoms with Gasteiger partial charge >= 0.3 is 0 Å². The van der Waals surface area contributed by atoms with Crippen molar-refractivity contribution >= 4 is 18.5 Å². The molecule has 5 heteroatoms. The van der Waals surface area contributed by atoms with Gasteiger partial charge in [-0.1, -0.05) is 66.7 Å². The van der Waals surface area contributed by atoms with Crippen molar-refractivity contribution in [3.8, 4) is 11.5 Å². The molecule has 2 aliphatic rings. The SMILES string of the molecule is CC(NCCc1ccc(O)c(O)c1)[C@@H]1CC[C@@H](C2CO2)C1P(c1ccccc1)c1ccccc1. The highest BCUT2D eigenvalue weighted by Gasteiger charge is 2.50. The van der Waals surface area contributed by atoms with Crippen molar-refractivity contribution in [1.82, 2.24) is 5.32 Å². The average molecular weight is 476 g/mol. The molecule has 1 saturated carbocycles. The molecule has 1 saturated heterocycles. The van der Waals surface area contributed by atoms with E-state index in [0.29, 0.717) is 29.6 Å². The Morgan fingerprint density at radius 1 is 0.912 bits per heavy atom. The van der Waals surface area contributed by atoms with Crippen LogP contribution in [-0.2, 0) is 11.2 Å². The van der Waals surface area contributed by atoms with Gasteiger partial charge in [0, 0.05) is 6.04 Å². The molecule has 2 fully saturated rings. The standard InChI is InChI=1S/C29H34NO3P/c1-20(30-17-16-21-12-15-26(31)27(32)18-21)24-13-14-25(28-19-33-28)29(24)34(22-8-4-2-5-9-22)23-10-6-3-7-11-23/h2-12,15,18,20,24-25,28-32H,13-14,16-17,19H2,1H3/t20?,24-,25-,28?,29?/m0/s1. The van der Waals surface area contributed by atoms with E-state index < -0.39 is 7.92 Å². The third-order valence-electron chi connectivity index (χ3n) is 7.48. The molecule has 0 amide bonds. The summed E-state index contributed by atoms with van der Waals surface area (Å²) in [7, 11) is -0.503. The number of hydrogen-bond donors (Lipinski definition) is 3. The van der Waals surface area contributed by atoms with Crippen LogP contribution in [0.2, 0.25) is 0 Å². The van der Waals surface area contributed by atoms with Crippen LogP contribution >= 0.6 is 7.92 Å². The molecule has 1 aliphatic carbocycles. The Bertz CT molecular complexity index is 1030. The number of aromatic hydroxyl groups is 2. The van der Waals surface area contributed by atoms with Crippen molar-refractivity contribution in [1.29, 1.82) is 0 Å². The smallest absolute Gasteiger partial charge is 0.157 e. The quantitative estimate of drug-likeness (QED) is 0.241. The molecule has 1 heterocycles. The molecule has 5 atom stereocenters. The van der Waals surface area contributed by atoms with Gasteiger partial charge in [-0.05, 0) is 86.5 Å². The fraction of sp³-hybridized carbons (Fsp3) is 0.379. The minimum atomic E-state index is -0.503. The number of phenolic OH excluding ortho intramolecular Hbond substituents is 2. The summed E-state index contributed by atoms with van der Waals surface area (Å²) in [5, 5.41) is 26.1. The van der Waals surface area contributed by atoms with Crippen LogP contribution in [0.25, 0.3) is 0 Å². The monoisotopic (exact) mass is 475 g/mol. The van der Waals surface area contributed by atoms with E-state index in [0.717, 1.165) is 25.1 Å². The molecule has 4 nitrogen and oxygen atoms in total. The average Bonchev–Trinajstić information content (AvgIpc) is 3.62. The summed E-state index contributed by atoms with van der Waals surface area (Å²) < 4.78 is 5.88. The molecule has 1 aliphatic heterocycles. The molecule has 3 aromatic carbocycles. The summed E-state index contributed by atoms with van der Waals surface area (Å²) in [4.78, 5) is 0. The van der Waals surface area contributed by atoms with E-state index in [4.69, 9.17) is 4.74 Å². The van der Waals surface area contributed by atoms with Crippen molar-refractivity contribution in [3.63, 3.8) is 0 Å². The largest absolute Gasteiger partial charge is 0.504 e. The molecule has 0 bridgehead atoms. The van der Waals surface area contributed by atoms with Crippen molar-refractivity contribution in [2.45, 2.75) is 44.0 Å². The van der Waals surface area contributed by atoms with E-state index in [9.17, 15) is 10.2 Å². The maximum absolute atomic E-state index is 9.80. The Balaban J connectivity index is 1.37. The first-order valence-electron chi connectivity index (χ1n) is 12.4. The molecule has 0 aromatic heterocycles. The molecule has 34 heavy (non-hydrogen) atoms. The number of epoxide rings is 1. The summed E-state index contributed by atoms with van der Waals surface area (Å²) in [6.45, 7) is 4.09. The Labute approximate surface area is 203 Å². The Hall–Kier alpha value is -2.39. The lowest BCUT2D eigenvalue weighted by molar-refractivity contribution is 0.317. The van der Waals surface area contributed by atoms with E-state index >= 15 is 0 Å². The number of ether oxygens (including phenoxy) is 1. The molecule has 0 radical (unpaired) electrons. The van der Waals surface area contributed by atoms with Crippen LogP contribution in [0.3, 0.4) is 0 Å². The molecular formula is C29H34NO3P. The van der Waals surface area contributed by atoms with E-state index in [1.54, 1.807) is 12.1 Å². The van der Waals surface area contributed by atoms with Crippen LogP contribution in [0, 0.1) is 11.8 Å². The van der Waals surface area contributed by atoms with Gasteiger partial charge in [-0.2, -0.15) is 0 Å². The first-order chi connectivity index (χ1) is 16.6. The Kier molecular flexibility index (Phi) is 7.20. The summed E-state index contributed by atoms with van der Waals surface area (Å²) in [5.74, 6) is 1.07. The molecule has 0 spiro atoms. The van der Waals surface area contributed by atoms with E-state index in [1.165, 1.54) is 23.5 Å². The topological polar surface area (TPSA) is 65.0 Å². The Morgan fingerprint density at radius 3 is 2.15 bits per heavy atom.